The molecule has 0 spiro atoms. The minimum atomic E-state index is -0.0504. The Bertz CT molecular complexity index is 389. The normalized spacial score (nSPS) is 19.9. The molecule has 2 unspecified atom stereocenters. The topological polar surface area (TPSA) is 57.3 Å². The molecule has 1 fully saturated rings. The molecule has 1 aliphatic heterocycles. The van der Waals surface area contributed by atoms with Crippen molar-refractivity contribution in [3.05, 3.63) is 16.6 Å². The van der Waals surface area contributed by atoms with E-state index in [-0.39, 0.29) is 17.9 Å². The number of carbonyl (C=O) groups excluding carboxylic acids is 1. The highest BCUT2D eigenvalue weighted by atomic mass is 32.1. The van der Waals surface area contributed by atoms with E-state index >= 15 is 0 Å². The van der Waals surface area contributed by atoms with Gasteiger partial charge in [0.1, 0.15) is 0 Å². The molecule has 2 N–H and O–H groups in total. The first-order valence-electron chi connectivity index (χ1n) is 6.80. The van der Waals surface area contributed by atoms with Crippen LogP contribution in [0.4, 0.5) is 0 Å². The fourth-order valence-corrected chi connectivity index (χ4v) is 2.90. The highest BCUT2D eigenvalue weighted by Gasteiger charge is 2.22. The molecule has 1 aliphatic rings. The molecule has 1 saturated heterocycles. The van der Waals surface area contributed by atoms with Gasteiger partial charge in [-0.05, 0) is 6.92 Å². The fraction of sp³-hybridized carbons (Fsp3) is 0.692. The predicted octanol–water partition coefficient (Wildman–Crippen LogP) is 0.656. The molecule has 0 saturated carbocycles. The van der Waals surface area contributed by atoms with Gasteiger partial charge in [-0.3, -0.25) is 9.69 Å². The summed E-state index contributed by atoms with van der Waals surface area (Å²) in [4.78, 5) is 18.6. The molecular formula is C13H22N4OS. The summed E-state index contributed by atoms with van der Waals surface area (Å²) >= 11 is 1.64. The van der Waals surface area contributed by atoms with Gasteiger partial charge in [0.25, 0.3) is 0 Å². The van der Waals surface area contributed by atoms with Gasteiger partial charge >= 0.3 is 0 Å². The first-order chi connectivity index (χ1) is 9.18. The number of hydrogen-bond donors (Lipinski definition) is 2. The lowest BCUT2D eigenvalue weighted by molar-refractivity contribution is -0.126. The highest BCUT2D eigenvalue weighted by molar-refractivity contribution is 7.09. The van der Waals surface area contributed by atoms with Crippen LogP contribution in [0, 0.1) is 0 Å². The molecule has 1 aromatic rings. The average Bonchev–Trinajstić information content (AvgIpc) is 2.98. The Hall–Kier alpha value is -0.980. The third-order valence-electron chi connectivity index (χ3n) is 3.53. The maximum Gasteiger partial charge on any atom is 0.237 e. The second kappa shape index (κ2) is 6.98. The summed E-state index contributed by atoms with van der Waals surface area (Å²) in [7, 11) is 0. The van der Waals surface area contributed by atoms with Crippen molar-refractivity contribution in [3.63, 3.8) is 0 Å². The van der Waals surface area contributed by atoms with Crippen LogP contribution in [0.15, 0.2) is 11.6 Å². The highest BCUT2D eigenvalue weighted by Crippen LogP contribution is 2.16. The van der Waals surface area contributed by atoms with Gasteiger partial charge in [-0.1, -0.05) is 6.92 Å². The van der Waals surface area contributed by atoms with E-state index in [0.29, 0.717) is 6.54 Å². The van der Waals surface area contributed by atoms with Crippen LogP contribution in [-0.2, 0) is 4.79 Å². The molecule has 6 heteroatoms. The third kappa shape index (κ3) is 3.99. The summed E-state index contributed by atoms with van der Waals surface area (Å²) in [5.74, 6) is 0.393. The van der Waals surface area contributed by atoms with Crippen molar-refractivity contribution in [2.24, 2.45) is 0 Å². The number of rotatable bonds is 5. The second-order valence-electron chi connectivity index (χ2n) is 4.98. The van der Waals surface area contributed by atoms with Crippen LogP contribution < -0.4 is 10.6 Å². The van der Waals surface area contributed by atoms with Crippen molar-refractivity contribution in [3.8, 4) is 0 Å². The van der Waals surface area contributed by atoms with E-state index in [1.54, 1.807) is 11.3 Å². The zero-order valence-corrected chi connectivity index (χ0v) is 12.4. The Morgan fingerprint density at radius 2 is 2.26 bits per heavy atom. The quantitative estimate of drug-likeness (QED) is 0.833. The molecule has 106 valence electrons. The van der Waals surface area contributed by atoms with Crippen molar-refractivity contribution in [1.82, 2.24) is 20.5 Å². The molecule has 1 aromatic heterocycles. The Labute approximate surface area is 118 Å². The van der Waals surface area contributed by atoms with Gasteiger partial charge in [-0.25, -0.2) is 4.98 Å². The molecule has 2 rings (SSSR count). The Morgan fingerprint density at radius 3 is 2.89 bits per heavy atom. The number of carbonyl (C=O) groups is 1. The smallest absolute Gasteiger partial charge is 0.237 e. The van der Waals surface area contributed by atoms with Crippen LogP contribution in [-0.4, -0.2) is 54.6 Å². The van der Waals surface area contributed by atoms with E-state index in [9.17, 15) is 4.79 Å². The van der Waals surface area contributed by atoms with Crippen LogP contribution >= 0.6 is 11.3 Å². The third-order valence-corrected chi connectivity index (χ3v) is 4.54. The minimum Gasteiger partial charge on any atom is -0.354 e. The molecule has 1 amide bonds. The molecule has 19 heavy (non-hydrogen) atoms. The van der Waals surface area contributed by atoms with Crippen LogP contribution in [0.5, 0.6) is 0 Å². The standard InChI is InChI=1S/C13H22N4OS/c1-10(13-15-5-8-19-13)9-16-12(18)11(2)17-6-3-14-4-7-17/h5,8,10-11,14H,3-4,6-7,9H2,1-2H3,(H,16,18). The number of nitrogens with one attached hydrogen (secondary N) is 2. The molecule has 0 radical (unpaired) electrons. The summed E-state index contributed by atoms with van der Waals surface area (Å²) in [6, 6.07) is -0.0504. The molecule has 2 heterocycles. The summed E-state index contributed by atoms with van der Waals surface area (Å²) in [6.45, 7) is 8.54. The van der Waals surface area contributed by atoms with Gasteiger partial charge < -0.3 is 10.6 Å². The summed E-state index contributed by atoms with van der Waals surface area (Å²) in [5.41, 5.74) is 0. The maximum atomic E-state index is 12.1. The number of aromatic nitrogens is 1. The summed E-state index contributed by atoms with van der Waals surface area (Å²) in [6.07, 6.45) is 1.81. The van der Waals surface area contributed by atoms with Crippen molar-refractivity contribution in [2.75, 3.05) is 32.7 Å². The van der Waals surface area contributed by atoms with Crippen molar-refractivity contribution in [1.29, 1.82) is 0 Å². The molecule has 5 nitrogen and oxygen atoms in total. The van der Waals surface area contributed by atoms with Crippen LogP contribution in [0.25, 0.3) is 0 Å². The van der Waals surface area contributed by atoms with Gasteiger partial charge in [-0.2, -0.15) is 0 Å². The predicted molar refractivity (Wildman–Crippen MR) is 77.4 cm³/mol. The van der Waals surface area contributed by atoms with Crippen molar-refractivity contribution in [2.45, 2.75) is 25.8 Å². The average molecular weight is 282 g/mol. The largest absolute Gasteiger partial charge is 0.354 e. The molecule has 0 aliphatic carbocycles. The van der Waals surface area contributed by atoms with Crippen LogP contribution in [0.1, 0.15) is 24.8 Å². The number of thiazole rings is 1. The van der Waals surface area contributed by atoms with Gasteiger partial charge in [0, 0.05) is 50.2 Å². The van der Waals surface area contributed by atoms with E-state index < -0.39 is 0 Å². The number of nitrogens with zero attached hydrogens (tertiary/aromatic N) is 2. The Balaban J connectivity index is 1.77. The van der Waals surface area contributed by atoms with E-state index in [4.69, 9.17) is 0 Å². The number of amides is 1. The fourth-order valence-electron chi connectivity index (χ4n) is 2.20. The Morgan fingerprint density at radius 1 is 1.53 bits per heavy atom. The molecule has 0 aromatic carbocycles. The van der Waals surface area contributed by atoms with Crippen LogP contribution in [0.3, 0.4) is 0 Å². The first-order valence-corrected chi connectivity index (χ1v) is 7.68. The summed E-state index contributed by atoms with van der Waals surface area (Å²) in [5, 5.41) is 9.38. The lowest BCUT2D eigenvalue weighted by atomic mass is 10.2. The van der Waals surface area contributed by atoms with Gasteiger partial charge in [-0.15, -0.1) is 11.3 Å². The van der Waals surface area contributed by atoms with Crippen molar-refractivity contribution >= 4 is 17.2 Å². The minimum absolute atomic E-state index is 0.0504. The monoisotopic (exact) mass is 282 g/mol. The van der Waals surface area contributed by atoms with E-state index in [1.807, 2.05) is 18.5 Å². The van der Waals surface area contributed by atoms with E-state index in [1.165, 1.54) is 0 Å². The van der Waals surface area contributed by atoms with Gasteiger partial charge in [0.2, 0.25) is 5.91 Å². The van der Waals surface area contributed by atoms with Gasteiger partial charge in [0.15, 0.2) is 0 Å². The first kappa shape index (κ1) is 14.4. The number of piperazine rings is 1. The SMILES string of the molecule is CC(CNC(=O)C(C)N1CCNCC1)c1nccs1. The number of hydrogen-bond acceptors (Lipinski definition) is 5. The zero-order chi connectivity index (χ0) is 13.7. The maximum absolute atomic E-state index is 12.1. The van der Waals surface area contributed by atoms with Crippen molar-refractivity contribution < 1.29 is 4.79 Å². The van der Waals surface area contributed by atoms with E-state index in [0.717, 1.165) is 31.2 Å². The Kier molecular flexibility index (Phi) is 5.30. The molecule has 0 bridgehead atoms. The summed E-state index contributed by atoms with van der Waals surface area (Å²) < 4.78 is 0. The lowest BCUT2D eigenvalue weighted by Crippen LogP contribution is -2.53. The lowest BCUT2D eigenvalue weighted by Gasteiger charge is -2.32. The second-order valence-corrected chi connectivity index (χ2v) is 5.90. The molecular weight excluding hydrogens is 260 g/mol. The zero-order valence-electron chi connectivity index (χ0n) is 11.6. The van der Waals surface area contributed by atoms with Crippen LogP contribution in [0.2, 0.25) is 0 Å². The van der Waals surface area contributed by atoms with E-state index in [2.05, 4.69) is 27.4 Å². The van der Waals surface area contributed by atoms with Gasteiger partial charge in [0.05, 0.1) is 11.0 Å². The molecule has 2 atom stereocenters.